The molecule has 0 aromatic carbocycles. The molecule has 0 saturated heterocycles. The Kier molecular flexibility index (Phi) is 3.97. The highest BCUT2D eigenvalue weighted by molar-refractivity contribution is 5.81. The van der Waals surface area contributed by atoms with Crippen molar-refractivity contribution in [2.75, 3.05) is 13.7 Å². The highest BCUT2D eigenvalue weighted by atomic mass is 16.5. The number of nitrogens with one attached hydrogen (secondary N) is 2. The van der Waals surface area contributed by atoms with E-state index < -0.39 is 12.0 Å². The zero-order chi connectivity index (χ0) is 7.98. The zero-order valence-electron chi connectivity index (χ0n) is 5.51. The minimum atomic E-state index is -0.663. The first-order valence-corrected chi connectivity index (χ1v) is 2.52. The van der Waals surface area contributed by atoms with Gasteiger partial charge >= 0.3 is 6.09 Å². The SMILES string of the molecule is COC(=O)NCC(=O)NN. The summed E-state index contributed by atoms with van der Waals surface area (Å²) in [7, 11) is 1.20. The maximum absolute atomic E-state index is 10.3. The second-order valence-electron chi connectivity index (χ2n) is 1.41. The maximum Gasteiger partial charge on any atom is 0.407 e. The van der Waals surface area contributed by atoms with E-state index in [0.717, 1.165) is 0 Å². The van der Waals surface area contributed by atoms with Crippen LogP contribution in [0.25, 0.3) is 0 Å². The summed E-state index contributed by atoms with van der Waals surface area (Å²) in [5, 5.41) is 2.13. The molecule has 0 atom stereocenters. The van der Waals surface area contributed by atoms with Crippen molar-refractivity contribution in [3.63, 3.8) is 0 Å². The molecule has 0 saturated carbocycles. The summed E-state index contributed by atoms with van der Waals surface area (Å²) in [5.41, 5.74) is 1.84. The van der Waals surface area contributed by atoms with E-state index in [1.54, 1.807) is 0 Å². The average molecular weight is 147 g/mol. The minimum Gasteiger partial charge on any atom is -0.453 e. The summed E-state index contributed by atoms with van der Waals surface area (Å²) in [5.74, 6) is 4.23. The summed E-state index contributed by atoms with van der Waals surface area (Å²) in [4.78, 5) is 20.6. The molecule has 6 nitrogen and oxygen atoms in total. The third-order valence-electron chi connectivity index (χ3n) is 0.740. The fraction of sp³-hybridized carbons (Fsp3) is 0.500. The third kappa shape index (κ3) is 3.67. The Labute approximate surface area is 57.7 Å². The molecule has 0 aliphatic rings. The van der Waals surface area contributed by atoms with Gasteiger partial charge in [0.2, 0.25) is 0 Å². The van der Waals surface area contributed by atoms with Crippen molar-refractivity contribution in [3.8, 4) is 0 Å². The second kappa shape index (κ2) is 4.57. The van der Waals surface area contributed by atoms with Crippen molar-refractivity contribution in [3.05, 3.63) is 0 Å². The fourth-order valence-corrected chi connectivity index (χ4v) is 0.276. The lowest BCUT2D eigenvalue weighted by Crippen LogP contribution is -2.40. The van der Waals surface area contributed by atoms with E-state index in [2.05, 4.69) is 10.1 Å². The number of hydrogen-bond acceptors (Lipinski definition) is 4. The first kappa shape index (κ1) is 8.70. The van der Waals surface area contributed by atoms with E-state index in [9.17, 15) is 9.59 Å². The third-order valence-corrected chi connectivity index (χ3v) is 0.740. The zero-order valence-corrected chi connectivity index (χ0v) is 5.51. The van der Waals surface area contributed by atoms with Crippen LogP contribution in [0.2, 0.25) is 0 Å². The van der Waals surface area contributed by atoms with Gasteiger partial charge < -0.3 is 10.1 Å². The van der Waals surface area contributed by atoms with Gasteiger partial charge in [-0.15, -0.1) is 0 Å². The summed E-state index contributed by atoms with van der Waals surface area (Å²) < 4.78 is 4.17. The van der Waals surface area contributed by atoms with Gasteiger partial charge in [0.05, 0.1) is 7.11 Å². The Hall–Kier alpha value is -1.30. The van der Waals surface area contributed by atoms with Crippen LogP contribution >= 0.6 is 0 Å². The lowest BCUT2D eigenvalue weighted by atomic mass is 10.6. The predicted molar refractivity (Wildman–Crippen MR) is 32.7 cm³/mol. The van der Waals surface area contributed by atoms with Gasteiger partial charge in [0, 0.05) is 0 Å². The quantitative estimate of drug-likeness (QED) is 0.247. The number of nitrogens with two attached hydrogens (primary N) is 1. The molecule has 10 heavy (non-hydrogen) atoms. The van der Waals surface area contributed by atoms with Crippen molar-refractivity contribution in [1.82, 2.24) is 10.7 Å². The van der Waals surface area contributed by atoms with E-state index in [0.29, 0.717) is 0 Å². The van der Waals surface area contributed by atoms with Gasteiger partial charge in [-0.3, -0.25) is 10.2 Å². The number of alkyl carbamates (subject to hydrolysis) is 1. The van der Waals surface area contributed by atoms with Gasteiger partial charge in [0.25, 0.3) is 5.91 Å². The molecular weight excluding hydrogens is 138 g/mol. The van der Waals surface area contributed by atoms with Crippen LogP contribution < -0.4 is 16.6 Å². The molecule has 0 heterocycles. The average Bonchev–Trinajstić information content (AvgIpc) is 1.99. The van der Waals surface area contributed by atoms with Crippen LogP contribution in [-0.4, -0.2) is 25.7 Å². The van der Waals surface area contributed by atoms with Crippen LogP contribution in [0.3, 0.4) is 0 Å². The smallest absolute Gasteiger partial charge is 0.407 e. The number of carbonyl (C=O) groups is 2. The van der Waals surface area contributed by atoms with Crippen molar-refractivity contribution in [2.45, 2.75) is 0 Å². The summed E-state index contributed by atoms with van der Waals surface area (Å²) in [6.07, 6.45) is -0.663. The fourth-order valence-electron chi connectivity index (χ4n) is 0.276. The molecule has 0 aliphatic heterocycles. The topological polar surface area (TPSA) is 93.4 Å². The van der Waals surface area contributed by atoms with Crippen LogP contribution in [0.15, 0.2) is 0 Å². The summed E-state index contributed by atoms with van der Waals surface area (Å²) in [6.45, 7) is -0.177. The summed E-state index contributed by atoms with van der Waals surface area (Å²) in [6, 6.07) is 0. The van der Waals surface area contributed by atoms with E-state index in [4.69, 9.17) is 5.84 Å². The number of hydrazine groups is 1. The molecule has 0 spiro atoms. The van der Waals surface area contributed by atoms with Crippen molar-refractivity contribution in [2.24, 2.45) is 5.84 Å². The Morgan fingerprint density at radius 2 is 2.20 bits per heavy atom. The van der Waals surface area contributed by atoms with Gasteiger partial charge in [0.15, 0.2) is 0 Å². The number of hydrogen-bond donors (Lipinski definition) is 3. The maximum atomic E-state index is 10.3. The molecule has 0 aromatic heterocycles. The largest absolute Gasteiger partial charge is 0.453 e. The highest BCUT2D eigenvalue weighted by Gasteiger charge is 2.00. The first-order valence-electron chi connectivity index (χ1n) is 2.52. The van der Waals surface area contributed by atoms with Gasteiger partial charge in [-0.05, 0) is 0 Å². The minimum absolute atomic E-state index is 0.177. The van der Waals surface area contributed by atoms with Gasteiger partial charge in [-0.25, -0.2) is 10.6 Å². The Morgan fingerprint density at radius 3 is 2.60 bits per heavy atom. The molecular formula is C4H9N3O3. The molecule has 58 valence electrons. The predicted octanol–water partition coefficient (Wildman–Crippen LogP) is -1.67. The number of carbonyl (C=O) groups excluding carboxylic acids is 2. The lowest BCUT2D eigenvalue weighted by molar-refractivity contribution is -0.120. The summed E-state index contributed by atoms with van der Waals surface area (Å²) >= 11 is 0. The molecule has 0 bridgehead atoms. The van der Waals surface area contributed by atoms with Gasteiger partial charge in [-0.2, -0.15) is 0 Å². The number of methoxy groups -OCH3 is 1. The van der Waals surface area contributed by atoms with Crippen molar-refractivity contribution >= 4 is 12.0 Å². The molecule has 0 aromatic rings. The molecule has 2 amide bonds. The number of rotatable bonds is 2. The van der Waals surface area contributed by atoms with Crippen LogP contribution in [0.4, 0.5) is 4.79 Å². The lowest BCUT2D eigenvalue weighted by Gasteiger charge is -2.00. The van der Waals surface area contributed by atoms with Gasteiger partial charge in [0.1, 0.15) is 6.54 Å². The van der Waals surface area contributed by atoms with Gasteiger partial charge in [-0.1, -0.05) is 0 Å². The number of ether oxygens (including phenoxy) is 1. The van der Waals surface area contributed by atoms with Crippen molar-refractivity contribution < 1.29 is 14.3 Å². The van der Waals surface area contributed by atoms with E-state index in [1.165, 1.54) is 7.11 Å². The number of amides is 2. The molecule has 4 N–H and O–H groups in total. The van der Waals surface area contributed by atoms with E-state index in [1.807, 2.05) is 5.43 Å². The van der Waals surface area contributed by atoms with Crippen LogP contribution in [0.1, 0.15) is 0 Å². The molecule has 0 radical (unpaired) electrons. The van der Waals surface area contributed by atoms with E-state index in [-0.39, 0.29) is 6.54 Å². The second-order valence-corrected chi connectivity index (χ2v) is 1.41. The molecule has 6 heteroatoms. The Balaban J connectivity index is 3.35. The normalized spacial score (nSPS) is 8.20. The van der Waals surface area contributed by atoms with E-state index >= 15 is 0 Å². The first-order chi connectivity index (χ1) is 4.70. The highest BCUT2D eigenvalue weighted by Crippen LogP contribution is 1.68. The Morgan fingerprint density at radius 1 is 1.60 bits per heavy atom. The Bertz CT molecular complexity index is 120. The van der Waals surface area contributed by atoms with Crippen molar-refractivity contribution in [1.29, 1.82) is 0 Å². The molecule has 0 fully saturated rings. The monoisotopic (exact) mass is 147 g/mol. The molecule has 0 unspecified atom stereocenters. The molecule has 0 aliphatic carbocycles. The van der Waals surface area contributed by atoms with Crippen LogP contribution in [0.5, 0.6) is 0 Å². The van der Waals surface area contributed by atoms with Crippen LogP contribution in [-0.2, 0) is 9.53 Å². The standard InChI is InChI=1S/C4H9N3O3/c1-10-4(9)6-2-3(8)7-5/h2,5H2,1H3,(H,6,9)(H,7,8). The molecule has 0 rings (SSSR count). The van der Waals surface area contributed by atoms with Crippen LogP contribution in [0, 0.1) is 0 Å².